The van der Waals surface area contributed by atoms with E-state index in [1.165, 1.54) is 5.56 Å². The first-order valence-corrected chi connectivity index (χ1v) is 3.21. The average Bonchev–Trinajstić information content (AvgIpc) is 1.95. The zero-order valence-corrected chi connectivity index (χ0v) is 5.88. The highest BCUT2D eigenvalue weighted by Gasteiger charge is 1.83. The molecule has 0 amide bonds. The highest BCUT2D eigenvalue weighted by atomic mass is 13.9. The fraction of sp³-hybridized carbons (Fsp3) is 0. The Morgan fingerprint density at radius 1 is 1.10 bits per heavy atom. The predicted octanol–water partition coefficient (Wildman–Crippen LogP) is 2.72. The van der Waals surface area contributed by atoms with Crippen molar-refractivity contribution in [1.82, 2.24) is 0 Å². The lowest BCUT2D eigenvalue weighted by molar-refractivity contribution is 1.58. The van der Waals surface area contributed by atoms with Gasteiger partial charge in [-0.05, 0) is 25.0 Å². The fourth-order valence-electron chi connectivity index (χ4n) is 0.765. The standard InChI is InChI=1S/C10H10/c1-3-4-10-7-5-9(2)6-8-10/h3-8H,1-2H2/b4-3-. The van der Waals surface area contributed by atoms with Crippen molar-refractivity contribution >= 4 is 6.08 Å². The molecule has 2 radical (unpaired) electrons. The summed E-state index contributed by atoms with van der Waals surface area (Å²) >= 11 is 0. The minimum atomic E-state index is 1.04. The molecule has 0 saturated heterocycles. The molecule has 0 unspecified atom stereocenters. The Bertz CT molecular complexity index is 216. The van der Waals surface area contributed by atoms with Gasteiger partial charge in [0.05, 0.1) is 0 Å². The molecule has 0 nitrogen and oxygen atoms in total. The van der Waals surface area contributed by atoms with Crippen LogP contribution in [0, 0.1) is 13.8 Å². The molecule has 0 saturated carbocycles. The van der Waals surface area contributed by atoms with E-state index in [9.17, 15) is 0 Å². The van der Waals surface area contributed by atoms with Crippen LogP contribution in [0.2, 0.25) is 0 Å². The van der Waals surface area contributed by atoms with Crippen molar-refractivity contribution in [2.75, 3.05) is 0 Å². The van der Waals surface area contributed by atoms with Gasteiger partial charge in [0.15, 0.2) is 0 Å². The van der Waals surface area contributed by atoms with Gasteiger partial charge in [-0.1, -0.05) is 36.4 Å². The van der Waals surface area contributed by atoms with E-state index in [0.717, 1.165) is 5.56 Å². The molecule has 0 atom stereocenters. The molecule has 1 aromatic carbocycles. The summed E-state index contributed by atoms with van der Waals surface area (Å²) in [5, 5.41) is 0. The van der Waals surface area contributed by atoms with Crippen molar-refractivity contribution < 1.29 is 0 Å². The molecule has 0 heteroatoms. The zero-order valence-electron chi connectivity index (χ0n) is 5.88. The Balaban J connectivity index is 2.89. The van der Waals surface area contributed by atoms with Gasteiger partial charge in [0.2, 0.25) is 0 Å². The lowest BCUT2D eigenvalue weighted by Gasteiger charge is -1.92. The summed E-state index contributed by atoms with van der Waals surface area (Å²) in [6.07, 6.45) is 3.73. The first-order chi connectivity index (χ1) is 4.83. The maximum absolute atomic E-state index is 3.78. The van der Waals surface area contributed by atoms with Crippen molar-refractivity contribution in [3.05, 3.63) is 55.3 Å². The third kappa shape index (κ3) is 1.73. The minimum absolute atomic E-state index is 1.04. The quantitative estimate of drug-likeness (QED) is 0.548. The predicted molar refractivity (Wildman–Crippen MR) is 45.3 cm³/mol. The molecule has 0 aliphatic heterocycles. The lowest BCUT2D eigenvalue weighted by atomic mass is 10.1. The Hall–Kier alpha value is -1.04. The molecule has 1 rings (SSSR count). The first kappa shape index (κ1) is 7.07. The van der Waals surface area contributed by atoms with Crippen molar-refractivity contribution in [3.8, 4) is 0 Å². The number of benzene rings is 1. The first-order valence-electron chi connectivity index (χ1n) is 3.21. The molecule has 0 fully saturated rings. The van der Waals surface area contributed by atoms with Gasteiger partial charge >= 0.3 is 0 Å². The SMILES string of the molecule is [CH2]/C=C\c1ccc([CH2])cc1. The van der Waals surface area contributed by atoms with E-state index >= 15 is 0 Å². The molecular weight excluding hydrogens is 120 g/mol. The molecule has 50 valence electrons. The van der Waals surface area contributed by atoms with E-state index < -0.39 is 0 Å². The molecule has 0 bridgehead atoms. The van der Waals surface area contributed by atoms with Crippen LogP contribution in [-0.2, 0) is 0 Å². The average molecular weight is 130 g/mol. The van der Waals surface area contributed by atoms with Gasteiger partial charge in [0, 0.05) is 0 Å². The number of rotatable bonds is 1. The van der Waals surface area contributed by atoms with E-state index in [2.05, 4.69) is 13.8 Å². The van der Waals surface area contributed by atoms with Gasteiger partial charge in [-0.2, -0.15) is 0 Å². The summed E-state index contributed by atoms with van der Waals surface area (Å²) in [6.45, 7) is 7.39. The van der Waals surface area contributed by atoms with Crippen LogP contribution in [-0.4, -0.2) is 0 Å². The second-order valence-electron chi connectivity index (χ2n) is 2.14. The van der Waals surface area contributed by atoms with E-state index in [1.54, 1.807) is 6.08 Å². The molecular formula is C10H10. The summed E-state index contributed by atoms with van der Waals surface area (Å²) in [4.78, 5) is 0. The van der Waals surface area contributed by atoms with Gasteiger partial charge in [-0.3, -0.25) is 0 Å². The van der Waals surface area contributed by atoms with Gasteiger partial charge in [-0.15, -0.1) is 0 Å². The van der Waals surface area contributed by atoms with Crippen LogP contribution < -0.4 is 0 Å². The molecule has 0 spiro atoms. The fourth-order valence-corrected chi connectivity index (χ4v) is 0.765. The monoisotopic (exact) mass is 130 g/mol. The summed E-state index contributed by atoms with van der Waals surface area (Å²) in [5.41, 5.74) is 2.21. The van der Waals surface area contributed by atoms with Crippen molar-refractivity contribution in [1.29, 1.82) is 0 Å². The maximum Gasteiger partial charge on any atom is -0.0238 e. The van der Waals surface area contributed by atoms with Gasteiger partial charge in [0.25, 0.3) is 0 Å². The number of hydrogen-bond acceptors (Lipinski definition) is 0. The molecule has 0 aromatic heterocycles. The van der Waals surface area contributed by atoms with Crippen molar-refractivity contribution in [2.24, 2.45) is 0 Å². The van der Waals surface area contributed by atoms with Crippen LogP contribution in [0.4, 0.5) is 0 Å². The van der Waals surface area contributed by atoms with Crippen molar-refractivity contribution in [2.45, 2.75) is 0 Å². The lowest BCUT2D eigenvalue weighted by Crippen LogP contribution is -1.72. The van der Waals surface area contributed by atoms with E-state index in [0.29, 0.717) is 0 Å². The molecule has 0 N–H and O–H groups in total. The van der Waals surface area contributed by atoms with Crippen LogP contribution in [0.5, 0.6) is 0 Å². The second-order valence-corrected chi connectivity index (χ2v) is 2.14. The van der Waals surface area contributed by atoms with Crippen LogP contribution in [0.1, 0.15) is 11.1 Å². The Morgan fingerprint density at radius 3 is 2.20 bits per heavy atom. The van der Waals surface area contributed by atoms with E-state index in [1.807, 2.05) is 30.3 Å². The molecule has 0 heterocycles. The summed E-state index contributed by atoms with van der Waals surface area (Å²) in [5.74, 6) is 0. The molecule has 0 aliphatic rings. The highest BCUT2D eigenvalue weighted by Crippen LogP contribution is 2.03. The Kier molecular flexibility index (Phi) is 2.27. The Labute approximate surface area is 62.2 Å². The van der Waals surface area contributed by atoms with Crippen LogP contribution in [0.15, 0.2) is 30.3 Å². The van der Waals surface area contributed by atoms with Gasteiger partial charge in [0.1, 0.15) is 0 Å². The van der Waals surface area contributed by atoms with Gasteiger partial charge < -0.3 is 0 Å². The largest absolute Gasteiger partial charge is 0.0836 e. The molecule has 10 heavy (non-hydrogen) atoms. The normalized spacial score (nSPS) is 10.6. The number of hydrogen-bond donors (Lipinski definition) is 0. The number of allylic oxidation sites excluding steroid dienone is 1. The third-order valence-electron chi connectivity index (χ3n) is 1.29. The zero-order chi connectivity index (χ0) is 7.40. The Morgan fingerprint density at radius 2 is 1.70 bits per heavy atom. The van der Waals surface area contributed by atoms with Crippen molar-refractivity contribution in [3.63, 3.8) is 0 Å². The molecule has 1 aromatic rings. The van der Waals surface area contributed by atoms with E-state index in [4.69, 9.17) is 0 Å². The maximum atomic E-state index is 3.78. The van der Waals surface area contributed by atoms with Crippen LogP contribution in [0.3, 0.4) is 0 Å². The summed E-state index contributed by atoms with van der Waals surface area (Å²) < 4.78 is 0. The third-order valence-corrected chi connectivity index (χ3v) is 1.29. The topological polar surface area (TPSA) is 0 Å². The molecule has 0 aliphatic carbocycles. The van der Waals surface area contributed by atoms with E-state index in [-0.39, 0.29) is 0 Å². The highest BCUT2D eigenvalue weighted by molar-refractivity contribution is 5.50. The van der Waals surface area contributed by atoms with Gasteiger partial charge in [-0.25, -0.2) is 0 Å². The summed E-state index contributed by atoms with van der Waals surface area (Å²) in [7, 11) is 0. The summed E-state index contributed by atoms with van der Waals surface area (Å²) in [6, 6.07) is 8.00. The second kappa shape index (κ2) is 3.21. The van der Waals surface area contributed by atoms with Crippen LogP contribution >= 0.6 is 0 Å². The smallest absolute Gasteiger partial charge is 0.0238 e. The van der Waals surface area contributed by atoms with Crippen LogP contribution in [0.25, 0.3) is 6.08 Å². The minimum Gasteiger partial charge on any atom is -0.0836 e.